The van der Waals surface area contributed by atoms with Crippen LogP contribution < -0.4 is 20.1 Å². The number of hydrogen-bond donors (Lipinski definition) is 2. The maximum Gasteiger partial charge on any atom is 0.331 e. The number of carbonyl (C=O) groups is 3. The summed E-state index contributed by atoms with van der Waals surface area (Å²) in [6.45, 7) is 3.11. The molecule has 0 fully saturated rings. The van der Waals surface area contributed by atoms with Crippen LogP contribution in [0.3, 0.4) is 0 Å². The number of benzene rings is 1. The van der Waals surface area contributed by atoms with Gasteiger partial charge in [-0.1, -0.05) is 19.4 Å². The number of nitrogens with one attached hydrogen (secondary N) is 2. The largest absolute Gasteiger partial charge is 0.490 e. The van der Waals surface area contributed by atoms with E-state index in [0.29, 0.717) is 31.3 Å². The number of urea groups is 1. The zero-order valence-corrected chi connectivity index (χ0v) is 15.3. The molecule has 0 saturated heterocycles. The summed E-state index contributed by atoms with van der Waals surface area (Å²) >= 11 is 0. The Morgan fingerprint density at radius 1 is 1.19 bits per heavy atom. The predicted molar refractivity (Wildman–Crippen MR) is 98.5 cm³/mol. The Kier molecular flexibility index (Phi) is 8.15. The fraction of sp³-hybridized carbons (Fsp3) is 0.421. The minimum Gasteiger partial charge on any atom is -0.490 e. The average Bonchev–Trinajstić information content (AvgIpc) is 2.89. The zero-order valence-electron chi connectivity index (χ0n) is 15.3. The Morgan fingerprint density at radius 3 is 2.74 bits per heavy atom. The summed E-state index contributed by atoms with van der Waals surface area (Å²) in [6.07, 6.45) is 5.31. The highest BCUT2D eigenvalue weighted by Crippen LogP contribution is 2.30. The van der Waals surface area contributed by atoms with E-state index in [1.165, 1.54) is 6.08 Å². The van der Waals surface area contributed by atoms with E-state index in [4.69, 9.17) is 14.2 Å². The lowest BCUT2D eigenvalue weighted by Crippen LogP contribution is -2.41. The Morgan fingerprint density at radius 2 is 1.96 bits per heavy atom. The van der Waals surface area contributed by atoms with E-state index in [1.807, 2.05) is 6.92 Å². The summed E-state index contributed by atoms with van der Waals surface area (Å²) in [7, 11) is 0. The Balaban J connectivity index is 1.76. The number of ether oxygens (including phenoxy) is 3. The standard InChI is InChI=1S/C19H24N2O6/c1-2-3-9-20-19(24)21-17(22)13-27-18(23)8-6-14-5-7-15-16(12-14)26-11-4-10-25-15/h5-8,12H,2-4,9-11,13H2,1H3,(H2,20,21,22,24)/b8-6+. The third-order valence-corrected chi connectivity index (χ3v) is 3.60. The molecule has 2 rings (SSSR count). The molecule has 0 unspecified atom stereocenters. The van der Waals surface area contributed by atoms with Gasteiger partial charge >= 0.3 is 12.0 Å². The van der Waals surface area contributed by atoms with Crippen molar-refractivity contribution in [3.05, 3.63) is 29.8 Å². The second kappa shape index (κ2) is 10.8. The molecule has 1 aliphatic heterocycles. The van der Waals surface area contributed by atoms with Gasteiger partial charge in [-0.15, -0.1) is 0 Å². The van der Waals surface area contributed by atoms with Crippen LogP contribution >= 0.6 is 0 Å². The molecule has 0 spiro atoms. The monoisotopic (exact) mass is 376 g/mol. The molecule has 2 N–H and O–H groups in total. The van der Waals surface area contributed by atoms with Gasteiger partial charge in [0.25, 0.3) is 5.91 Å². The van der Waals surface area contributed by atoms with Crippen LogP contribution in [-0.2, 0) is 14.3 Å². The first-order chi connectivity index (χ1) is 13.1. The summed E-state index contributed by atoms with van der Waals surface area (Å²) < 4.78 is 15.9. The van der Waals surface area contributed by atoms with E-state index in [-0.39, 0.29) is 0 Å². The van der Waals surface area contributed by atoms with Crippen molar-refractivity contribution in [3.8, 4) is 11.5 Å². The summed E-state index contributed by atoms with van der Waals surface area (Å²) in [5, 5.41) is 4.62. The molecule has 1 aliphatic rings. The summed E-state index contributed by atoms with van der Waals surface area (Å²) in [5.41, 5.74) is 0.732. The average molecular weight is 376 g/mol. The van der Waals surface area contributed by atoms with Crippen molar-refractivity contribution < 1.29 is 28.6 Å². The lowest BCUT2D eigenvalue weighted by Gasteiger charge is -2.07. The van der Waals surface area contributed by atoms with Crippen LogP contribution in [-0.4, -0.2) is 44.3 Å². The van der Waals surface area contributed by atoms with Crippen molar-refractivity contribution in [1.82, 2.24) is 10.6 Å². The van der Waals surface area contributed by atoms with Gasteiger partial charge in [-0.2, -0.15) is 0 Å². The summed E-state index contributed by atoms with van der Waals surface area (Å²) in [4.78, 5) is 34.7. The minimum atomic E-state index is -0.693. The van der Waals surface area contributed by atoms with Crippen LogP contribution in [0, 0.1) is 0 Å². The van der Waals surface area contributed by atoms with Crippen LogP contribution in [0.1, 0.15) is 31.7 Å². The number of imide groups is 1. The number of esters is 1. The van der Waals surface area contributed by atoms with Crippen molar-refractivity contribution in [2.45, 2.75) is 26.2 Å². The highest BCUT2D eigenvalue weighted by molar-refractivity contribution is 5.96. The number of fused-ring (bicyclic) bond motifs is 1. The number of hydrogen-bond acceptors (Lipinski definition) is 6. The molecule has 0 bridgehead atoms. The second-order valence-electron chi connectivity index (χ2n) is 5.86. The predicted octanol–water partition coefficient (Wildman–Crippen LogP) is 2.03. The van der Waals surface area contributed by atoms with Crippen molar-refractivity contribution in [2.75, 3.05) is 26.4 Å². The van der Waals surface area contributed by atoms with E-state index in [0.717, 1.165) is 24.8 Å². The lowest BCUT2D eigenvalue weighted by atomic mass is 10.2. The quantitative estimate of drug-likeness (QED) is 0.429. The van der Waals surface area contributed by atoms with Crippen LogP contribution in [0.25, 0.3) is 6.08 Å². The SMILES string of the molecule is CCCCNC(=O)NC(=O)COC(=O)/C=C/c1ccc2c(c1)OCCCO2. The zero-order chi connectivity index (χ0) is 19.5. The molecule has 1 aromatic carbocycles. The number of unbranched alkanes of at least 4 members (excludes halogenated alkanes) is 1. The topological polar surface area (TPSA) is 103 Å². The third-order valence-electron chi connectivity index (χ3n) is 3.60. The molecule has 0 saturated carbocycles. The van der Waals surface area contributed by atoms with E-state index < -0.39 is 24.5 Å². The van der Waals surface area contributed by atoms with Crippen LogP contribution in [0.5, 0.6) is 11.5 Å². The van der Waals surface area contributed by atoms with Crippen molar-refractivity contribution in [3.63, 3.8) is 0 Å². The maximum atomic E-state index is 11.7. The fourth-order valence-corrected chi connectivity index (χ4v) is 2.22. The molecule has 1 heterocycles. The van der Waals surface area contributed by atoms with Crippen LogP contribution in [0.15, 0.2) is 24.3 Å². The van der Waals surface area contributed by atoms with Crippen molar-refractivity contribution in [2.24, 2.45) is 0 Å². The van der Waals surface area contributed by atoms with Crippen LogP contribution in [0.4, 0.5) is 4.79 Å². The molecule has 0 aromatic heterocycles. The molecule has 1 aromatic rings. The first kappa shape index (κ1) is 20.3. The van der Waals surface area contributed by atoms with Crippen LogP contribution in [0.2, 0.25) is 0 Å². The van der Waals surface area contributed by atoms with E-state index >= 15 is 0 Å². The molecular weight excluding hydrogens is 352 g/mol. The normalized spacial score (nSPS) is 12.9. The molecular formula is C19H24N2O6. The number of rotatable bonds is 7. The smallest absolute Gasteiger partial charge is 0.331 e. The van der Waals surface area contributed by atoms with Gasteiger partial charge in [-0.3, -0.25) is 10.1 Å². The van der Waals surface area contributed by atoms with Gasteiger partial charge in [0, 0.05) is 19.0 Å². The molecule has 0 atom stereocenters. The number of carbonyl (C=O) groups excluding carboxylic acids is 3. The molecule has 8 heteroatoms. The summed E-state index contributed by atoms with van der Waals surface area (Å²) in [5.74, 6) is -0.0948. The fourth-order valence-electron chi connectivity index (χ4n) is 2.22. The van der Waals surface area contributed by atoms with E-state index in [1.54, 1.807) is 24.3 Å². The van der Waals surface area contributed by atoms with Gasteiger partial charge in [0.1, 0.15) is 0 Å². The van der Waals surface area contributed by atoms with Crippen molar-refractivity contribution in [1.29, 1.82) is 0 Å². The lowest BCUT2D eigenvalue weighted by molar-refractivity contribution is -0.143. The van der Waals surface area contributed by atoms with Gasteiger partial charge in [-0.25, -0.2) is 9.59 Å². The number of amides is 3. The second-order valence-corrected chi connectivity index (χ2v) is 5.86. The maximum absolute atomic E-state index is 11.7. The summed E-state index contributed by atoms with van der Waals surface area (Å²) in [6, 6.07) is 4.71. The van der Waals surface area contributed by atoms with Gasteiger partial charge in [-0.05, 0) is 30.2 Å². The molecule has 0 aliphatic carbocycles. The Hall–Kier alpha value is -3.03. The van der Waals surface area contributed by atoms with Gasteiger partial charge < -0.3 is 19.5 Å². The van der Waals surface area contributed by atoms with Gasteiger partial charge in [0.15, 0.2) is 18.1 Å². The highest BCUT2D eigenvalue weighted by Gasteiger charge is 2.11. The first-order valence-corrected chi connectivity index (χ1v) is 8.90. The van der Waals surface area contributed by atoms with Gasteiger partial charge in [0.2, 0.25) is 0 Å². The Labute approximate surface area is 157 Å². The molecule has 27 heavy (non-hydrogen) atoms. The van der Waals surface area contributed by atoms with E-state index in [9.17, 15) is 14.4 Å². The molecule has 3 amide bonds. The van der Waals surface area contributed by atoms with Crippen molar-refractivity contribution >= 4 is 24.0 Å². The first-order valence-electron chi connectivity index (χ1n) is 8.90. The molecule has 8 nitrogen and oxygen atoms in total. The third kappa shape index (κ3) is 7.39. The molecule has 146 valence electrons. The Bertz CT molecular complexity index is 701. The van der Waals surface area contributed by atoms with E-state index in [2.05, 4.69) is 10.6 Å². The highest BCUT2D eigenvalue weighted by atomic mass is 16.5. The minimum absolute atomic E-state index is 0.480. The van der Waals surface area contributed by atoms with Gasteiger partial charge in [0.05, 0.1) is 13.2 Å². The molecule has 0 radical (unpaired) electrons.